The minimum Gasteiger partial charge on any atom is -0.273 e. The molecule has 0 unspecified atom stereocenters. The number of amides is 1. The van der Waals surface area contributed by atoms with E-state index in [1.165, 1.54) is 30.3 Å². The molecule has 2 N–H and O–H groups in total. The van der Waals surface area contributed by atoms with E-state index in [4.69, 9.17) is 0 Å². The van der Waals surface area contributed by atoms with E-state index >= 15 is 0 Å². The van der Waals surface area contributed by atoms with Crippen molar-refractivity contribution in [2.75, 3.05) is 11.7 Å². The van der Waals surface area contributed by atoms with Gasteiger partial charge in [0.2, 0.25) is 5.13 Å². The zero-order chi connectivity index (χ0) is 17.3. The summed E-state index contributed by atoms with van der Waals surface area (Å²) in [4.78, 5) is 16.4. The molecule has 0 saturated heterocycles. The topological polar surface area (TPSA) is 88.2 Å². The molecule has 1 amide bonds. The predicted octanol–water partition coefficient (Wildman–Crippen LogP) is 2.60. The fourth-order valence-electron chi connectivity index (χ4n) is 2.11. The van der Waals surface area contributed by atoms with Crippen LogP contribution in [0, 0.1) is 5.82 Å². The number of rotatable bonds is 4. The molecular weight excluding hydrogens is 353 g/mol. The number of nitrogens with one attached hydrogen (secondary N) is 2. The van der Waals surface area contributed by atoms with Crippen LogP contribution in [-0.4, -0.2) is 25.6 Å². The van der Waals surface area contributed by atoms with Crippen molar-refractivity contribution in [3.63, 3.8) is 0 Å². The molecule has 6 nitrogen and oxygen atoms in total. The first-order chi connectivity index (χ1) is 11.3. The summed E-state index contributed by atoms with van der Waals surface area (Å²) in [5, 5.41) is 0.362. The first kappa shape index (κ1) is 16.3. The molecule has 0 radical (unpaired) electrons. The van der Waals surface area contributed by atoms with Crippen LogP contribution in [0.2, 0.25) is 0 Å². The highest BCUT2D eigenvalue weighted by Gasteiger charge is 2.18. The number of halogens is 1. The molecule has 0 aliphatic carbocycles. The number of anilines is 1. The normalized spacial score (nSPS) is 11.4. The summed E-state index contributed by atoms with van der Waals surface area (Å²) in [6.07, 6.45) is 1.04. The maximum atomic E-state index is 13.2. The van der Waals surface area contributed by atoms with E-state index in [1.54, 1.807) is 12.1 Å². The second-order valence-corrected chi connectivity index (χ2v) is 7.99. The number of fused-ring (bicyclic) bond motifs is 1. The lowest BCUT2D eigenvalue weighted by Gasteiger charge is -2.08. The van der Waals surface area contributed by atoms with E-state index < -0.39 is 15.7 Å². The quantitative estimate of drug-likeness (QED) is 0.694. The Hall–Kier alpha value is -2.52. The van der Waals surface area contributed by atoms with Crippen LogP contribution in [0.4, 0.5) is 9.52 Å². The Morgan fingerprint density at radius 3 is 2.71 bits per heavy atom. The van der Waals surface area contributed by atoms with Gasteiger partial charge in [0, 0.05) is 6.26 Å². The molecule has 0 fully saturated rings. The van der Waals surface area contributed by atoms with Gasteiger partial charge in [0.15, 0.2) is 9.84 Å². The summed E-state index contributed by atoms with van der Waals surface area (Å²) in [6, 6.07) is 10.1. The summed E-state index contributed by atoms with van der Waals surface area (Å²) in [5.41, 5.74) is 5.64. The number of nitrogens with zero attached hydrogens (tertiary/aromatic N) is 1. The lowest BCUT2D eigenvalue weighted by Crippen LogP contribution is -2.30. The highest BCUT2D eigenvalue weighted by atomic mass is 32.2. The lowest BCUT2D eigenvalue weighted by atomic mass is 10.2. The summed E-state index contributed by atoms with van der Waals surface area (Å²) < 4.78 is 37.3. The number of thiazole rings is 1. The molecule has 0 atom stereocenters. The van der Waals surface area contributed by atoms with Gasteiger partial charge < -0.3 is 0 Å². The van der Waals surface area contributed by atoms with Gasteiger partial charge in [-0.1, -0.05) is 23.5 Å². The van der Waals surface area contributed by atoms with Gasteiger partial charge in [-0.15, -0.1) is 0 Å². The molecule has 0 saturated carbocycles. The second-order valence-electron chi connectivity index (χ2n) is 4.98. The maximum absolute atomic E-state index is 13.2. The molecule has 124 valence electrons. The molecule has 2 aromatic carbocycles. The average Bonchev–Trinajstić information content (AvgIpc) is 2.93. The minimum absolute atomic E-state index is 0.0275. The first-order valence-electron chi connectivity index (χ1n) is 6.76. The smallest absolute Gasteiger partial charge is 0.270 e. The number of hydrogen-bond donors (Lipinski definition) is 2. The summed E-state index contributed by atoms with van der Waals surface area (Å²) in [6.45, 7) is 0. The van der Waals surface area contributed by atoms with Crippen molar-refractivity contribution in [1.29, 1.82) is 0 Å². The molecule has 1 aromatic heterocycles. The molecule has 9 heteroatoms. The van der Waals surface area contributed by atoms with Crippen LogP contribution in [-0.2, 0) is 9.84 Å². The van der Waals surface area contributed by atoms with Gasteiger partial charge in [-0.3, -0.25) is 15.6 Å². The van der Waals surface area contributed by atoms with Crippen LogP contribution in [0.15, 0.2) is 47.4 Å². The van der Waals surface area contributed by atoms with Crippen molar-refractivity contribution in [1.82, 2.24) is 10.4 Å². The summed E-state index contributed by atoms with van der Waals surface area (Å²) in [7, 11) is -3.53. The molecule has 3 rings (SSSR count). The van der Waals surface area contributed by atoms with Crippen LogP contribution < -0.4 is 10.9 Å². The number of aromatic nitrogens is 1. The molecule has 24 heavy (non-hydrogen) atoms. The monoisotopic (exact) mass is 365 g/mol. The van der Waals surface area contributed by atoms with E-state index in [-0.39, 0.29) is 16.3 Å². The van der Waals surface area contributed by atoms with E-state index in [9.17, 15) is 17.6 Å². The molecule has 3 aromatic rings. The molecule has 1 heterocycles. The number of carbonyl (C=O) groups excluding carboxylic acids is 1. The maximum Gasteiger partial charge on any atom is 0.270 e. The molecule has 0 aliphatic heterocycles. The van der Waals surface area contributed by atoms with Crippen LogP contribution >= 0.6 is 11.3 Å². The third-order valence-corrected chi connectivity index (χ3v) is 5.25. The zero-order valence-corrected chi connectivity index (χ0v) is 14.0. The van der Waals surface area contributed by atoms with Crippen LogP contribution in [0.1, 0.15) is 10.4 Å². The highest BCUT2D eigenvalue weighted by Crippen LogP contribution is 2.26. The lowest BCUT2D eigenvalue weighted by molar-refractivity contribution is 0.0959. The van der Waals surface area contributed by atoms with Crippen molar-refractivity contribution in [2.45, 2.75) is 4.90 Å². The molecule has 0 spiro atoms. The van der Waals surface area contributed by atoms with Crippen molar-refractivity contribution >= 4 is 42.4 Å². The second kappa shape index (κ2) is 6.17. The number of benzene rings is 2. The number of hydrazine groups is 1. The third-order valence-electron chi connectivity index (χ3n) is 3.16. The third kappa shape index (κ3) is 3.36. The van der Waals surface area contributed by atoms with Crippen LogP contribution in [0.5, 0.6) is 0 Å². The number of sulfone groups is 1. The number of hydrogen-bond acceptors (Lipinski definition) is 6. The molecular formula is C15H12FN3O3S2. The first-order valence-corrected chi connectivity index (χ1v) is 9.47. The van der Waals surface area contributed by atoms with E-state index in [2.05, 4.69) is 15.8 Å². The molecule has 0 bridgehead atoms. The van der Waals surface area contributed by atoms with Gasteiger partial charge in [0.25, 0.3) is 5.91 Å². The average molecular weight is 365 g/mol. The van der Waals surface area contributed by atoms with Crippen molar-refractivity contribution < 1.29 is 17.6 Å². The Morgan fingerprint density at radius 1 is 1.21 bits per heavy atom. The van der Waals surface area contributed by atoms with E-state index in [1.807, 2.05) is 0 Å². The van der Waals surface area contributed by atoms with Crippen molar-refractivity contribution in [2.24, 2.45) is 0 Å². The van der Waals surface area contributed by atoms with Crippen molar-refractivity contribution in [3.05, 3.63) is 53.8 Å². The Morgan fingerprint density at radius 2 is 1.96 bits per heavy atom. The summed E-state index contributed by atoms with van der Waals surface area (Å²) in [5.74, 6) is -0.981. The van der Waals surface area contributed by atoms with Gasteiger partial charge >= 0.3 is 0 Å². The van der Waals surface area contributed by atoms with Gasteiger partial charge in [0.05, 0.1) is 20.7 Å². The fourth-order valence-corrected chi connectivity index (χ4v) is 3.84. The molecule has 0 aliphatic rings. The van der Waals surface area contributed by atoms with Gasteiger partial charge in [0.1, 0.15) is 5.82 Å². The van der Waals surface area contributed by atoms with Gasteiger partial charge in [-0.25, -0.2) is 17.8 Å². The minimum atomic E-state index is -3.53. The van der Waals surface area contributed by atoms with Gasteiger partial charge in [-0.2, -0.15) is 0 Å². The number of carbonyl (C=O) groups is 1. The highest BCUT2D eigenvalue weighted by molar-refractivity contribution is 7.90. The Balaban J connectivity index is 1.80. The fraction of sp³-hybridized carbons (Fsp3) is 0.0667. The van der Waals surface area contributed by atoms with E-state index in [0.29, 0.717) is 15.3 Å². The Kier molecular flexibility index (Phi) is 4.20. The standard InChI is InChI=1S/C15H12FN3O3S2/c1-24(21,22)13-5-3-2-4-10(13)14(20)18-19-15-17-11-7-6-9(16)8-12(11)23-15/h2-8H,1H3,(H,17,19)(H,18,20). The largest absolute Gasteiger partial charge is 0.273 e. The summed E-state index contributed by atoms with van der Waals surface area (Å²) >= 11 is 1.16. The van der Waals surface area contributed by atoms with Crippen molar-refractivity contribution in [3.8, 4) is 0 Å². The predicted molar refractivity (Wildman–Crippen MR) is 90.2 cm³/mol. The van der Waals surface area contributed by atoms with Gasteiger partial charge in [-0.05, 0) is 30.3 Å². The van der Waals surface area contributed by atoms with Crippen LogP contribution in [0.3, 0.4) is 0 Å². The van der Waals surface area contributed by atoms with E-state index in [0.717, 1.165) is 17.6 Å². The van der Waals surface area contributed by atoms with Crippen LogP contribution in [0.25, 0.3) is 10.2 Å². The Bertz CT molecular complexity index is 1030. The Labute approximate surface area is 141 Å². The SMILES string of the molecule is CS(=O)(=O)c1ccccc1C(=O)NNc1nc2ccc(F)cc2s1. The zero-order valence-electron chi connectivity index (χ0n) is 12.4.